The molecule has 0 unspecified atom stereocenters. The lowest BCUT2D eigenvalue weighted by Crippen LogP contribution is -2.33. The Morgan fingerprint density at radius 2 is 2.15 bits per heavy atom. The molecule has 1 heterocycles. The zero-order valence-corrected chi connectivity index (χ0v) is 6.90. The van der Waals surface area contributed by atoms with Crippen LogP contribution in [0.2, 0.25) is 0 Å². The van der Waals surface area contributed by atoms with Crippen LogP contribution in [0.5, 0.6) is 5.75 Å². The number of hydrogen-bond donors (Lipinski definition) is 2. The molecule has 0 aliphatic carbocycles. The van der Waals surface area contributed by atoms with E-state index in [0.717, 1.165) is 5.69 Å². The van der Waals surface area contributed by atoms with E-state index in [1.807, 2.05) is 24.3 Å². The van der Waals surface area contributed by atoms with Gasteiger partial charge < -0.3 is 10.5 Å². The lowest BCUT2D eigenvalue weighted by atomic mass is 10.2. The average molecular weight is 175 g/mol. The van der Waals surface area contributed by atoms with Gasteiger partial charge in [0.1, 0.15) is 6.26 Å². The van der Waals surface area contributed by atoms with Gasteiger partial charge in [-0.2, -0.15) is 0 Å². The molecule has 0 aromatic heterocycles. The average Bonchev–Trinajstić information content (AvgIpc) is 2.17. The largest absolute Gasteiger partial charge is 0.461 e. The van der Waals surface area contributed by atoms with Crippen molar-refractivity contribution in [3.8, 4) is 5.75 Å². The highest BCUT2D eigenvalue weighted by atomic mass is 16.5. The molecule has 1 aliphatic heterocycles. The van der Waals surface area contributed by atoms with Gasteiger partial charge in [-0.3, -0.25) is 10.3 Å². The molecule has 0 radical (unpaired) electrons. The van der Waals surface area contributed by atoms with E-state index in [-0.39, 0.29) is 5.96 Å². The molecular formula is C9H9N3O. The van der Waals surface area contributed by atoms with Crippen LogP contribution in [0.3, 0.4) is 0 Å². The molecule has 13 heavy (non-hydrogen) atoms. The number of nitrogens with one attached hydrogen (secondary N) is 1. The van der Waals surface area contributed by atoms with Crippen LogP contribution in [0.15, 0.2) is 36.7 Å². The molecule has 66 valence electrons. The van der Waals surface area contributed by atoms with Crippen LogP contribution in [0.25, 0.3) is 0 Å². The number of ether oxygens (including phenoxy) is 1. The molecule has 4 heteroatoms. The summed E-state index contributed by atoms with van der Waals surface area (Å²) in [6.45, 7) is 0. The van der Waals surface area contributed by atoms with E-state index < -0.39 is 0 Å². The van der Waals surface area contributed by atoms with E-state index in [2.05, 4.69) is 0 Å². The summed E-state index contributed by atoms with van der Waals surface area (Å²) in [7, 11) is 0. The Morgan fingerprint density at radius 1 is 1.38 bits per heavy atom. The molecule has 0 spiro atoms. The minimum absolute atomic E-state index is 0.0213. The molecule has 1 aromatic rings. The van der Waals surface area contributed by atoms with E-state index in [9.17, 15) is 0 Å². The van der Waals surface area contributed by atoms with Crippen LogP contribution in [0, 0.1) is 5.41 Å². The van der Waals surface area contributed by atoms with Crippen LogP contribution < -0.4 is 15.4 Å². The Hall–Kier alpha value is -1.97. The Balaban J connectivity index is 2.48. The third-order valence-electron chi connectivity index (χ3n) is 1.79. The monoisotopic (exact) mass is 175 g/mol. The van der Waals surface area contributed by atoms with E-state index in [1.54, 1.807) is 11.1 Å². The molecule has 0 saturated carbocycles. The first-order valence-corrected chi connectivity index (χ1v) is 3.84. The molecule has 1 aromatic carbocycles. The van der Waals surface area contributed by atoms with Gasteiger partial charge in [0.15, 0.2) is 11.7 Å². The predicted molar refractivity (Wildman–Crippen MR) is 50.6 cm³/mol. The van der Waals surface area contributed by atoms with Crippen molar-refractivity contribution in [3.05, 3.63) is 36.7 Å². The van der Waals surface area contributed by atoms with Crippen LogP contribution in [-0.2, 0) is 0 Å². The number of benzene rings is 1. The standard InChI is InChI=1S/C9H9N3O/c10-9(11)12-5-6-13-8-4-2-1-3-7(8)12/h1-6H,(H3,10,11). The highest BCUT2D eigenvalue weighted by molar-refractivity contribution is 5.96. The molecule has 0 atom stereocenters. The highest BCUT2D eigenvalue weighted by Gasteiger charge is 2.14. The van der Waals surface area contributed by atoms with Crippen molar-refractivity contribution in [3.63, 3.8) is 0 Å². The third-order valence-corrected chi connectivity index (χ3v) is 1.79. The maximum absolute atomic E-state index is 7.32. The summed E-state index contributed by atoms with van der Waals surface area (Å²) in [4.78, 5) is 1.55. The van der Waals surface area contributed by atoms with Gasteiger partial charge in [-0.05, 0) is 12.1 Å². The second kappa shape index (κ2) is 2.82. The number of nitrogens with two attached hydrogens (primary N) is 1. The molecule has 1 aliphatic rings. The van der Waals surface area contributed by atoms with Gasteiger partial charge in [0.05, 0.1) is 5.69 Å². The zero-order valence-electron chi connectivity index (χ0n) is 6.90. The van der Waals surface area contributed by atoms with Crippen LogP contribution in [0.1, 0.15) is 0 Å². The van der Waals surface area contributed by atoms with E-state index >= 15 is 0 Å². The Morgan fingerprint density at radius 3 is 2.92 bits per heavy atom. The smallest absolute Gasteiger partial charge is 0.197 e. The summed E-state index contributed by atoms with van der Waals surface area (Å²) in [6, 6.07) is 7.42. The van der Waals surface area contributed by atoms with Crippen molar-refractivity contribution in [1.82, 2.24) is 0 Å². The molecule has 3 N–H and O–H groups in total. The van der Waals surface area contributed by atoms with Crippen molar-refractivity contribution in [2.24, 2.45) is 5.73 Å². The maximum Gasteiger partial charge on any atom is 0.197 e. The second-order valence-electron chi connectivity index (χ2n) is 2.63. The lowest BCUT2D eigenvalue weighted by molar-refractivity contribution is 0.473. The molecular weight excluding hydrogens is 166 g/mol. The summed E-state index contributed by atoms with van der Waals surface area (Å²) in [5.74, 6) is 0.687. The minimum Gasteiger partial charge on any atom is -0.461 e. The van der Waals surface area contributed by atoms with Crippen molar-refractivity contribution in [2.75, 3.05) is 4.90 Å². The summed E-state index contributed by atoms with van der Waals surface area (Å²) >= 11 is 0. The van der Waals surface area contributed by atoms with Gasteiger partial charge >= 0.3 is 0 Å². The number of anilines is 1. The van der Waals surface area contributed by atoms with Crippen LogP contribution in [0.4, 0.5) is 5.69 Å². The van der Waals surface area contributed by atoms with E-state index in [0.29, 0.717) is 5.75 Å². The predicted octanol–water partition coefficient (Wildman–Crippen LogP) is 1.25. The number of hydrogen-bond acceptors (Lipinski definition) is 2. The highest BCUT2D eigenvalue weighted by Crippen LogP contribution is 2.30. The first kappa shape index (κ1) is 7.67. The summed E-state index contributed by atoms with van der Waals surface area (Å²) in [5.41, 5.74) is 6.17. The maximum atomic E-state index is 7.32. The van der Waals surface area contributed by atoms with Gasteiger partial charge in [-0.25, -0.2) is 0 Å². The topological polar surface area (TPSA) is 62.3 Å². The van der Waals surface area contributed by atoms with E-state index in [4.69, 9.17) is 15.9 Å². The quantitative estimate of drug-likeness (QED) is 0.460. The fourth-order valence-electron chi connectivity index (χ4n) is 1.21. The molecule has 0 amide bonds. The zero-order chi connectivity index (χ0) is 9.26. The first-order chi connectivity index (χ1) is 6.29. The number of nitrogens with zero attached hydrogens (tertiary/aromatic N) is 1. The Kier molecular flexibility index (Phi) is 1.66. The van der Waals surface area contributed by atoms with Gasteiger partial charge in [0, 0.05) is 6.20 Å². The summed E-state index contributed by atoms with van der Waals surface area (Å²) < 4.78 is 5.23. The summed E-state index contributed by atoms with van der Waals surface area (Å²) in [5, 5.41) is 7.32. The SMILES string of the molecule is N=C(N)N1C=COc2ccccc21. The number of rotatable bonds is 0. The lowest BCUT2D eigenvalue weighted by Gasteiger charge is -2.23. The molecule has 2 rings (SSSR count). The van der Waals surface area contributed by atoms with Crippen LogP contribution >= 0.6 is 0 Å². The molecule has 0 saturated heterocycles. The van der Waals surface area contributed by atoms with Crippen molar-refractivity contribution < 1.29 is 4.74 Å². The summed E-state index contributed by atoms with van der Waals surface area (Å²) in [6.07, 6.45) is 3.12. The van der Waals surface area contributed by atoms with Crippen molar-refractivity contribution >= 4 is 11.6 Å². The van der Waals surface area contributed by atoms with Gasteiger partial charge in [0.25, 0.3) is 0 Å². The van der Waals surface area contributed by atoms with Gasteiger partial charge in [-0.1, -0.05) is 12.1 Å². The molecule has 4 nitrogen and oxygen atoms in total. The fraction of sp³-hybridized carbons (Fsp3) is 0. The third kappa shape index (κ3) is 1.22. The van der Waals surface area contributed by atoms with E-state index in [1.165, 1.54) is 6.26 Å². The molecule has 0 fully saturated rings. The number of fused-ring (bicyclic) bond motifs is 1. The Bertz CT molecular complexity index is 373. The van der Waals surface area contributed by atoms with Gasteiger partial charge in [0.2, 0.25) is 0 Å². The first-order valence-electron chi connectivity index (χ1n) is 3.84. The van der Waals surface area contributed by atoms with Gasteiger partial charge in [-0.15, -0.1) is 0 Å². The normalized spacial score (nSPS) is 13.4. The van der Waals surface area contributed by atoms with Crippen LogP contribution in [-0.4, -0.2) is 5.96 Å². The van der Waals surface area contributed by atoms with Crippen molar-refractivity contribution in [2.45, 2.75) is 0 Å². The number of para-hydroxylation sites is 2. The number of guanidine groups is 1. The fourth-order valence-corrected chi connectivity index (χ4v) is 1.21. The Labute approximate surface area is 75.7 Å². The van der Waals surface area contributed by atoms with Crippen molar-refractivity contribution in [1.29, 1.82) is 5.41 Å². The molecule has 0 bridgehead atoms. The second-order valence-corrected chi connectivity index (χ2v) is 2.63. The minimum atomic E-state index is -0.0213.